The SMILES string of the molecule is Cn1cc(-c2cc(-c3cccc(Cl)n3)nn2C2CCCCO2)cn1. The third kappa shape index (κ3) is 2.95. The van der Waals surface area contributed by atoms with Gasteiger partial charge in [-0.25, -0.2) is 9.67 Å². The molecule has 1 fully saturated rings. The van der Waals surface area contributed by atoms with Gasteiger partial charge in [0.15, 0.2) is 6.23 Å². The highest BCUT2D eigenvalue weighted by Crippen LogP contribution is 2.31. The van der Waals surface area contributed by atoms with Crippen molar-refractivity contribution >= 4 is 11.6 Å². The van der Waals surface area contributed by atoms with Crippen LogP contribution in [0.5, 0.6) is 0 Å². The van der Waals surface area contributed by atoms with E-state index >= 15 is 0 Å². The quantitative estimate of drug-likeness (QED) is 0.680. The van der Waals surface area contributed by atoms with E-state index in [1.165, 1.54) is 0 Å². The largest absolute Gasteiger partial charge is 0.356 e. The van der Waals surface area contributed by atoms with Gasteiger partial charge < -0.3 is 4.74 Å². The van der Waals surface area contributed by atoms with Crippen LogP contribution in [-0.4, -0.2) is 31.2 Å². The molecule has 0 aliphatic carbocycles. The van der Waals surface area contributed by atoms with Gasteiger partial charge >= 0.3 is 0 Å². The van der Waals surface area contributed by atoms with Gasteiger partial charge in [-0.1, -0.05) is 17.7 Å². The van der Waals surface area contributed by atoms with E-state index in [4.69, 9.17) is 21.4 Å². The monoisotopic (exact) mass is 343 g/mol. The summed E-state index contributed by atoms with van der Waals surface area (Å²) in [5.41, 5.74) is 3.52. The number of nitrogens with zero attached hydrogens (tertiary/aromatic N) is 5. The molecule has 6 nitrogen and oxygen atoms in total. The van der Waals surface area contributed by atoms with E-state index in [1.54, 1.807) is 10.7 Å². The van der Waals surface area contributed by atoms with E-state index in [2.05, 4.69) is 10.1 Å². The highest BCUT2D eigenvalue weighted by atomic mass is 35.5. The van der Waals surface area contributed by atoms with Gasteiger partial charge in [-0.2, -0.15) is 10.2 Å². The zero-order valence-electron chi connectivity index (χ0n) is 13.4. The van der Waals surface area contributed by atoms with Crippen LogP contribution in [0, 0.1) is 0 Å². The van der Waals surface area contributed by atoms with Crippen LogP contribution in [0.2, 0.25) is 5.15 Å². The lowest BCUT2D eigenvalue weighted by Gasteiger charge is -2.24. The third-order valence-corrected chi connectivity index (χ3v) is 4.35. The summed E-state index contributed by atoms with van der Waals surface area (Å²) >= 11 is 6.03. The highest BCUT2D eigenvalue weighted by molar-refractivity contribution is 6.29. The molecular formula is C17H18ClN5O. The molecule has 24 heavy (non-hydrogen) atoms. The number of hydrogen-bond acceptors (Lipinski definition) is 4. The van der Waals surface area contributed by atoms with Crippen LogP contribution in [-0.2, 0) is 11.8 Å². The molecule has 0 radical (unpaired) electrons. The normalized spacial score (nSPS) is 18.0. The molecule has 1 saturated heterocycles. The maximum absolute atomic E-state index is 6.03. The first kappa shape index (κ1) is 15.4. The summed E-state index contributed by atoms with van der Waals surface area (Å²) < 4.78 is 9.67. The third-order valence-electron chi connectivity index (χ3n) is 4.14. The average Bonchev–Trinajstić information content (AvgIpc) is 3.22. The van der Waals surface area contributed by atoms with E-state index < -0.39 is 0 Å². The topological polar surface area (TPSA) is 57.8 Å². The summed E-state index contributed by atoms with van der Waals surface area (Å²) in [6, 6.07) is 7.57. The Morgan fingerprint density at radius 3 is 2.88 bits per heavy atom. The molecule has 4 rings (SSSR count). The number of rotatable bonds is 3. The molecule has 0 N–H and O–H groups in total. The standard InChI is InChI=1S/C17H18ClN5O/c1-22-11-12(10-19-22)15-9-14(13-5-4-6-16(18)20-13)21-23(15)17-7-2-3-8-24-17/h4-6,9-11,17H,2-3,7-8H2,1H3. The van der Waals surface area contributed by atoms with Crippen molar-refractivity contribution in [2.75, 3.05) is 6.61 Å². The number of aryl methyl sites for hydroxylation is 1. The Morgan fingerprint density at radius 2 is 2.17 bits per heavy atom. The Bertz CT molecular complexity index is 850. The summed E-state index contributed by atoms with van der Waals surface area (Å²) in [7, 11) is 1.90. The van der Waals surface area contributed by atoms with Gasteiger partial charge in [0.1, 0.15) is 10.8 Å². The summed E-state index contributed by atoms with van der Waals surface area (Å²) in [6.45, 7) is 0.766. The fourth-order valence-corrected chi connectivity index (χ4v) is 3.14. The van der Waals surface area contributed by atoms with Crippen molar-refractivity contribution in [3.63, 3.8) is 0 Å². The molecule has 7 heteroatoms. The van der Waals surface area contributed by atoms with Crippen LogP contribution in [0.3, 0.4) is 0 Å². The number of pyridine rings is 1. The lowest BCUT2D eigenvalue weighted by atomic mass is 10.1. The second-order valence-electron chi connectivity index (χ2n) is 5.93. The molecule has 0 bridgehead atoms. The van der Waals surface area contributed by atoms with Crippen molar-refractivity contribution in [1.82, 2.24) is 24.5 Å². The van der Waals surface area contributed by atoms with Crippen molar-refractivity contribution < 1.29 is 4.74 Å². The second-order valence-corrected chi connectivity index (χ2v) is 6.32. The summed E-state index contributed by atoms with van der Waals surface area (Å²) in [5.74, 6) is 0. The summed E-state index contributed by atoms with van der Waals surface area (Å²) in [5, 5.41) is 9.50. The van der Waals surface area contributed by atoms with Crippen molar-refractivity contribution in [1.29, 1.82) is 0 Å². The van der Waals surface area contributed by atoms with Crippen LogP contribution in [0.15, 0.2) is 36.7 Å². The second kappa shape index (κ2) is 6.37. The molecule has 3 aromatic heterocycles. The molecule has 3 aromatic rings. The van der Waals surface area contributed by atoms with Crippen molar-refractivity contribution in [3.8, 4) is 22.6 Å². The van der Waals surface area contributed by atoms with Crippen LogP contribution in [0.4, 0.5) is 0 Å². The van der Waals surface area contributed by atoms with Crippen LogP contribution in [0.25, 0.3) is 22.6 Å². The Balaban J connectivity index is 1.80. The number of aromatic nitrogens is 5. The van der Waals surface area contributed by atoms with Gasteiger partial charge in [0.25, 0.3) is 0 Å². The Morgan fingerprint density at radius 1 is 1.25 bits per heavy atom. The molecule has 0 aromatic carbocycles. The molecule has 124 valence electrons. The number of ether oxygens (including phenoxy) is 1. The van der Waals surface area contributed by atoms with E-state index in [1.807, 2.05) is 42.3 Å². The summed E-state index contributed by atoms with van der Waals surface area (Å²) in [6.07, 6.45) is 6.96. The highest BCUT2D eigenvalue weighted by Gasteiger charge is 2.22. The van der Waals surface area contributed by atoms with Gasteiger partial charge in [0, 0.05) is 25.4 Å². The molecule has 1 aliphatic heterocycles. The Hall–Kier alpha value is -2.18. The van der Waals surface area contributed by atoms with Crippen LogP contribution >= 0.6 is 11.6 Å². The molecule has 1 atom stereocenters. The lowest BCUT2D eigenvalue weighted by Crippen LogP contribution is -2.20. The molecule has 0 saturated carbocycles. The molecule has 0 spiro atoms. The molecule has 0 amide bonds. The van der Waals surface area contributed by atoms with Gasteiger partial charge in [-0.15, -0.1) is 0 Å². The number of halogens is 1. The van der Waals surface area contributed by atoms with Gasteiger partial charge in [0.2, 0.25) is 0 Å². The Kier molecular flexibility index (Phi) is 4.08. The Labute approximate surface area is 145 Å². The van der Waals surface area contributed by atoms with Crippen molar-refractivity contribution in [3.05, 3.63) is 41.8 Å². The summed E-state index contributed by atoms with van der Waals surface area (Å²) in [4.78, 5) is 4.37. The first-order valence-electron chi connectivity index (χ1n) is 8.04. The number of hydrogen-bond donors (Lipinski definition) is 0. The van der Waals surface area contributed by atoms with Crippen molar-refractivity contribution in [2.24, 2.45) is 7.05 Å². The average molecular weight is 344 g/mol. The first-order chi connectivity index (χ1) is 11.7. The maximum Gasteiger partial charge on any atom is 0.150 e. The van der Waals surface area contributed by atoms with Gasteiger partial charge in [-0.05, 0) is 37.5 Å². The minimum absolute atomic E-state index is 0.0538. The van der Waals surface area contributed by atoms with Crippen molar-refractivity contribution in [2.45, 2.75) is 25.5 Å². The smallest absolute Gasteiger partial charge is 0.150 e. The minimum Gasteiger partial charge on any atom is -0.356 e. The van der Waals surface area contributed by atoms with Crippen LogP contribution < -0.4 is 0 Å². The molecular weight excluding hydrogens is 326 g/mol. The molecule has 4 heterocycles. The van der Waals surface area contributed by atoms with Crippen LogP contribution in [0.1, 0.15) is 25.5 Å². The van der Waals surface area contributed by atoms with Gasteiger partial charge in [0.05, 0.1) is 17.6 Å². The predicted octanol–water partition coefficient (Wildman–Crippen LogP) is 3.70. The lowest BCUT2D eigenvalue weighted by molar-refractivity contribution is -0.0382. The fourth-order valence-electron chi connectivity index (χ4n) is 2.98. The maximum atomic E-state index is 6.03. The predicted molar refractivity (Wildman–Crippen MR) is 91.5 cm³/mol. The van der Waals surface area contributed by atoms with E-state index in [0.717, 1.165) is 48.5 Å². The molecule has 1 unspecified atom stereocenters. The first-order valence-corrected chi connectivity index (χ1v) is 8.41. The fraction of sp³-hybridized carbons (Fsp3) is 0.353. The van der Waals surface area contributed by atoms with E-state index in [9.17, 15) is 0 Å². The zero-order valence-corrected chi connectivity index (χ0v) is 14.1. The zero-order chi connectivity index (χ0) is 16.5. The molecule has 1 aliphatic rings. The van der Waals surface area contributed by atoms with E-state index in [0.29, 0.717) is 5.15 Å². The van der Waals surface area contributed by atoms with Gasteiger partial charge in [-0.3, -0.25) is 4.68 Å². The van der Waals surface area contributed by atoms with E-state index in [-0.39, 0.29) is 6.23 Å². The minimum atomic E-state index is -0.0538.